The number of nitrogens with one attached hydrogen (secondary N) is 1. The van der Waals surface area contributed by atoms with Crippen molar-refractivity contribution in [2.24, 2.45) is 5.92 Å². The van der Waals surface area contributed by atoms with Gasteiger partial charge in [0.1, 0.15) is 0 Å². The summed E-state index contributed by atoms with van der Waals surface area (Å²) < 4.78 is 0. The van der Waals surface area contributed by atoms with Gasteiger partial charge < -0.3 is 20.2 Å². The number of hydrogen-bond donors (Lipinski definition) is 2. The summed E-state index contributed by atoms with van der Waals surface area (Å²) in [4.78, 5) is 16.9. The number of piperidine rings is 4. The predicted molar refractivity (Wildman–Crippen MR) is 92.6 cm³/mol. The third-order valence-electron chi connectivity index (χ3n) is 6.15. The average Bonchev–Trinajstić information content (AvgIpc) is 2.64. The van der Waals surface area contributed by atoms with E-state index in [0.717, 1.165) is 12.1 Å². The van der Waals surface area contributed by atoms with Gasteiger partial charge in [0.15, 0.2) is 0 Å². The second-order valence-corrected chi connectivity index (χ2v) is 7.58. The molecule has 0 aromatic heterocycles. The number of carbonyl (C=O) groups is 1. The van der Waals surface area contributed by atoms with Crippen molar-refractivity contribution in [2.75, 3.05) is 32.7 Å². The molecule has 4 aliphatic rings. The largest absolute Gasteiger partial charge is 0.385 e. The summed E-state index contributed by atoms with van der Waals surface area (Å²) in [6.45, 7) is 4.59. The van der Waals surface area contributed by atoms with Gasteiger partial charge in [0.25, 0.3) is 0 Å². The zero-order valence-corrected chi connectivity index (χ0v) is 14.2. The summed E-state index contributed by atoms with van der Waals surface area (Å²) in [6, 6.07) is 10.2. The molecule has 5 nitrogen and oxygen atoms in total. The number of rotatable bonds is 2. The summed E-state index contributed by atoms with van der Waals surface area (Å²) in [5.74, 6) is 0.644. The van der Waals surface area contributed by atoms with Crippen molar-refractivity contribution < 1.29 is 9.90 Å². The second-order valence-electron chi connectivity index (χ2n) is 7.58. The van der Waals surface area contributed by atoms with E-state index in [1.807, 2.05) is 35.2 Å². The van der Waals surface area contributed by atoms with Crippen LogP contribution < -0.4 is 5.32 Å². The lowest BCUT2D eigenvalue weighted by molar-refractivity contribution is -0.0179. The molecule has 0 unspecified atom stereocenters. The molecule has 0 radical (unpaired) electrons. The number of hydrogen-bond acceptors (Lipinski definition) is 3. The Balaban J connectivity index is 1.33. The van der Waals surface area contributed by atoms with Gasteiger partial charge in [-0.3, -0.25) is 0 Å². The number of urea groups is 1. The van der Waals surface area contributed by atoms with E-state index in [1.165, 1.54) is 25.9 Å². The molecule has 4 aliphatic heterocycles. The Morgan fingerprint density at radius 1 is 1.08 bits per heavy atom. The molecule has 24 heavy (non-hydrogen) atoms. The first-order valence-electron chi connectivity index (χ1n) is 9.20. The van der Waals surface area contributed by atoms with Gasteiger partial charge in [0.05, 0.1) is 5.60 Å². The lowest BCUT2D eigenvalue weighted by Crippen LogP contribution is -2.60. The predicted octanol–water partition coefficient (Wildman–Crippen LogP) is 1.77. The number of likely N-dealkylation sites (tertiary alicyclic amines) is 1. The molecular formula is C19H27N3O2. The molecule has 2 bridgehead atoms. The number of nitrogens with zero attached hydrogens (tertiary/aromatic N) is 2. The van der Waals surface area contributed by atoms with Crippen molar-refractivity contribution in [3.63, 3.8) is 0 Å². The van der Waals surface area contributed by atoms with Crippen LogP contribution in [0.2, 0.25) is 0 Å². The fourth-order valence-corrected chi connectivity index (χ4v) is 4.50. The van der Waals surface area contributed by atoms with Crippen LogP contribution in [-0.4, -0.2) is 59.7 Å². The Bertz CT molecular complexity index is 576. The molecule has 0 saturated carbocycles. The topological polar surface area (TPSA) is 55.8 Å². The van der Waals surface area contributed by atoms with Crippen molar-refractivity contribution in [1.29, 1.82) is 0 Å². The highest BCUT2D eigenvalue weighted by molar-refractivity contribution is 5.74. The molecule has 1 aromatic rings. The van der Waals surface area contributed by atoms with Gasteiger partial charge in [-0.05, 0) is 50.3 Å². The molecule has 4 heterocycles. The Labute approximate surface area is 143 Å². The van der Waals surface area contributed by atoms with Crippen molar-refractivity contribution >= 4 is 6.03 Å². The molecule has 0 aliphatic carbocycles. The van der Waals surface area contributed by atoms with E-state index in [0.29, 0.717) is 37.9 Å². The Kier molecular flexibility index (Phi) is 4.22. The van der Waals surface area contributed by atoms with E-state index in [2.05, 4.69) is 10.2 Å². The molecule has 1 atom stereocenters. The van der Waals surface area contributed by atoms with Gasteiger partial charge >= 0.3 is 6.03 Å². The Morgan fingerprint density at radius 2 is 1.75 bits per heavy atom. The van der Waals surface area contributed by atoms with Crippen molar-refractivity contribution in [1.82, 2.24) is 15.1 Å². The molecule has 2 amide bonds. The Morgan fingerprint density at radius 3 is 2.33 bits per heavy atom. The molecule has 1 aromatic carbocycles. The van der Waals surface area contributed by atoms with Crippen LogP contribution in [0, 0.1) is 5.92 Å². The normalized spacial score (nSPS) is 31.7. The van der Waals surface area contributed by atoms with Crippen molar-refractivity contribution in [2.45, 2.75) is 37.3 Å². The molecule has 130 valence electrons. The lowest BCUT2D eigenvalue weighted by Gasteiger charge is -2.46. The van der Waals surface area contributed by atoms with E-state index in [9.17, 15) is 9.90 Å². The minimum absolute atomic E-state index is 0.0452. The molecule has 4 fully saturated rings. The zero-order chi connectivity index (χ0) is 16.6. The lowest BCUT2D eigenvalue weighted by atomic mass is 9.83. The van der Waals surface area contributed by atoms with E-state index in [-0.39, 0.29) is 6.03 Å². The first kappa shape index (κ1) is 15.9. The van der Waals surface area contributed by atoms with Crippen molar-refractivity contribution in [3.05, 3.63) is 35.9 Å². The number of benzene rings is 1. The third kappa shape index (κ3) is 3.03. The van der Waals surface area contributed by atoms with Crippen LogP contribution in [0.3, 0.4) is 0 Å². The maximum atomic E-state index is 12.6. The van der Waals surface area contributed by atoms with E-state index in [4.69, 9.17) is 0 Å². The summed E-state index contributed by atoms with van der Waals surface area (Å²) in [5, 5.41) is 14.1. The van der Waals surface area contributed by atoms with Crippen LogP contribution in [0.4, 0.5) is 4.79 Å². The van der Waals surface area contributed by atoms with Crippen LogP contribution in [-0.2, 0) is 5.60 Å². The highest BCUT2D eigenvalue weighted by Crippen LogP contribution is 2.33. The van der Waals surface area contributed by atoms with Gasteiger partial charge in [-0.2, -0.15) is 0 Å². The summed E-state index contributed by atoms with van der Waals surface area (Å²) >= 11 is 0. The van der Waals surface area contributed by atoms with Gasteiger partial charge in [-0.1, -0.05) is 30.3 Å². The van der Waals surface area contributed by atoms with Crippen LogP contribution in [0.25, 0.3) is 0 Å². The molecule has 5 heteroatoms. The maximum absolute atomic E-state index is 12.6. The third-order valence-corrected chi connectivity index (χ3v) is 6.15. The Hall–Kier alpha value is -1.59. The summed E-state index contributed by atoms with van der Waals surface area (Å²) in [7, 11) is 0. The monoisotopic (exact) mass is 329 g/mol. The minimum Gasteiger partial charge on any atom is -0.385 e. The molecule has 2 N–H and O–H groups in total. The number of fused-ring (bicyclic) bond motifs is 3. The molecule has 5 rings (SSSR count). The second kappa shape index (κ2) is 6.37. The van der Waals surface area contributed by atoms with E-state index >= 15 is 0 Å². The highest BCUT2D eigenvalue weighted by atomic mass is 16.3. The number of amides is 2. The van der Waals surface area contributed by atoms with Gasteiger partial charge in [-0.25, -0.2) is 4.79 Å². The van der Waals surface area contributed by atoms with Gasteiger partial charge in [0, 0.05) is 25.7 Å². The minimum atomic E-state index is -0.798. The SMILES string of the molecule is O=C(N[C@@H]1CN2CCC1CC2)N1CCC(O)(c2ccccc2)CC1. The smallest absolute Gasteiger partial charge is 0.317 e. The van der Waals surface area contributed by atoms with Gasteiger partial charge in [0.2, 0.25) is 0 Å². The van der Waals surface area contributed by atoms with Crippen LogP contribution in [0.1, 0.15) is 31.2 Å². The fraction of sp³-hybridized carbons (Fsp3) is 0.632. The van der Waals surface area contributed by atoms with E-state index < -0.39 is 5.60 Å². The fourth-order valence-electron chi connectivity index (χ4n) is 4.50. The average molecular weight is 329 g/mol. The molecule has 4 saturated heterocycles. The number of carbonyl (C=O) groups excluding carboxylic acids is 1. The molecule has 0 spiro atoms. The molecular weight excluding hydrogens is 302 g/mol. The van der Waals surface area contributed by atoms with Crippen LogP contribution >= 0.6 is 0 Å². The van der Waals surface area contributed by atoms with E-state index in [1.54, 1.807) is 0 Å². The quantitative estimate of drug-likeness (QED) is 0.869. The van der Waals surface area contributed by atoms with Gasteiger partial charge in [-0.15, -0.1) is 0 Å². The number of aliphatic hydroxyl groups is 1. The maximum Gasteiger partial charge on any atom is 0.317 e. The van der Waals surface area contributed by atoms with Crippen LogP contribution in [0.5, 0.6) is 0 Å². The standard InChI is InChI=1S/C19H27N3O2/c23-18(20-17-14-21-10-6-15(17)7-11-21)22-12-8-19(24,9-13-22)16-4-2-1-3-5-16/h1-5,15,17,24H,6-14H2,(H,20,23)/t17-/m1/s1. The summed E-state index contributed by atoms with van der Waals surface area (Å²) in [5.41, 5.74) is 0.163. The van der Waals surface area contributed by atoms with Crippen molar-refractivity contribution in [3.8, 4) is 0 Å². The first-order valence-corrected chi connectivity index (χ1v) is 9.20. The summed E-state index contributed by atoms with van der Waals surface area (Å²) in [6.07, 6.45) is 3.62. The zero-order valence-electron chi connectivity index (χ0n) is 14.2. The highest BCUT2D eigenvalue weighted by Gasteiger charge is 2.38. The first-order chi connectivity index (χ1) is 11.6. The van der Waals surface area contributed by atoms with Crippen LogP contribution in [0.15, 0.2) is 30.3 Å².